The van der Waals surface area contributed by atoms with E-state index < -0.39 is 0 Å². The van der Waals surface area contributed by atoms with Gasteiger partial charge in [0, 0.05) is 54.3 Å². The molecule has 3 aromatic heterocycles. The first kappa shape index (κ1) is 30.4. The predicted molar refractivity (Wildman–Crippen MR) is 215 cm³/mol. The van der Waals surface area contributed by atoms with Gasteiger partial charge in [0.25, 0.3) is 0 Å². The first-order chi connectivity index (χ1) is 24.6. The third-order valence-corrected chi connectivity index (χ3v) is 11.1. The average Bonchev–Trinajstić information content (AvgIpc) is 3.83. The summed E-state index contributed by atoms with van der Waals surface area (Å²) in [4.78, 5) is 4.95. The SMILES string of the molecule is C\C=C/C=c1/sc2ccc(-c3ccc4c(c3)c3ccccc3n4-c3ccccc3)cc2/c1=C1\C=CC(n2c(CC)nc3ccccc32)=CC1C. The number of nitrogens with zero attached hydrogens (tertiary/aromatic N) is 3. The maximum absolute atomic E-state index is 4.95. The van der Waals surface area contributed by atoms with Gasteiger partial charge in [-0.25, -0.2) is 4.98 Å². The molecule has 0 N–H and O–H groups in total. The summed E-state index contributed by atoms with van der Waals surface area (Å²) in [6.07, 6.45) is 14.5. The Morgan fingerprint density at radius 2 is 1.44 bits per heavy atom. The number of fused-ring (bicyclic) bond motifs is 5. The molecular weight excluding hydrogens is 627 g/mol. The minimum Gasteiger partial charge on any atom is -0.309 e. The van der Waals surface area contributed by atoms with E-state index in [2.05, 4.69) is 182 Å². The molecule has 0 saturated heterocycles. The summed E-state index contributed by atoms with van der Waals surface area (Å²) < 4.78 is 7.31. The van der Waals surface area contributed by atoms with E-state index in [1.807, 2.05) is 11.3 Å². The molecule has 3 nitrogen and oxygen atoms in total. The van der Waals surface area contributed by atoms with Crippen LogP contribution in [0.15, 0.2) is 146 Å². The lowest BCUT2D eigenvalue weighted by atomic mass is 9.91. The molecule has 3 heterocycles. The molecule has 1 aliphatic rings. The minimum atomic E-state index is 0.223. The van der Waals surface area contributed by atoms with E-state index in [0.717, 1.165) is 23.3 Å². The zero-order valence-electron chi connectivity index (χ0n) is 28.5. The second-order valence-corrected chi connectivity index (χ2v) is 14.1. The Labute approximate surface area is 295 Å². The molecule has 5 aromatic carbocycles. The van der Waals surface area contributed by atoms with Crippen molar-refractivity contribution in [1.29, 1.82) is 0 Å². The van der Waals surface area contributed by atoms with Crippen molar-refractivity contribution >= 4 is 71.6 Å². The summed E-state index contributed by atoms with van der Waals surface area (Å²) in [7, 11) is 0. The second-order valence-electron chi connectivity index (χ2n) is 13.0. The van der Waals surface area contributed by atoms with Gasteiger partial charge in [-0.05, 0) is 90.4 Å². The molecule has 4 heteroatoms. The average molecular weight is 664 g/mol. The molecule has 8 aromatic rings. The summed E-state index contributed by atoms with van der Waals surface area (Å²) in [6.45, 7) is 6.59. The van der Waals surface area contributed by atoms with Crippen molar-refractivity contribution in [2.75, 3.05) is 0 Å². The molecule has 9 rings (SSSR count). The molecule has 50 heavy (non-hydrogen) atoms. The topological polar surface area (TPSA) is 22.8 Å². The van der Waals surface area contributed by atoms with Crippen molar-refractivity contribution < 1.29 is 0 Å². The fraction of sp³-hybridized carbons (Fsp3) is 0.109. The quantitative estimate of drug-likeness (QED) is 0.180. The highest BCUT2D eigenvalue weighted by Crippen LogP contribution is 2.36. The zero-order chi connectivity index (χ0) is 33.8. The van der Waals surface area contributed by atoms with E-state index in [0.29, 0.717) is 0 Å². The van der Waals surface area contributed by atoms with E-state index in [4.69, 9.17) is 4.98 Å². The van der Waals surface area contributed by atoms with Crippen LogP contribution >= 0.6 is 11.3 Å². The van der Waals surface area contributed by atoms with Crippen molar-refractivity contribution in [2.24, 2.45) is 5.92 Å². The third-order valence-electron chi connectivity index (χ3n) is 10.0. The summed E-state index contributed by atoms with van der Waals surface area (Å²) in [5.41, 5.74) is 10.8. The largest absolute Gasteiger partial charge is 0.309 e. The lowest BCUT2D eigenvalue weighted by Crippen LogP contribution is -2.24. The Hall–Kier alpha value is -5.71. The number of thiophene rings is 1. The first-order valence-electron chi connectivity index (χ1n) is 17.5. The van der Waals surface area contributed by atoms with E-state index >= 15 is 0 Å². The monoisotopic (exact) mass is 663 g/mol. The third kappa shape index (κ3) is 4.90. The Balaban J connectivity index is 1.21. The molecule has 0 saturated carbocycles. The number of hydrogen-bond donors (Lipinski definition) is 0. The highest BCUT2D eigenvalue weighted by atomic mass is 32.1. The fourth-order valence-electron chi connectivity index (χ4n) is 7.69. The van der Waals surface area contributed by atoms with E-state index in [-0.39, 0.29) is 5.92 Å². The summed E-state index contributed by atoms with van der Waals surface area (Å²) in [6, 6.07) is 41.8. The zero-order valence-corrected chi connectivity index (χ0v) is 29.3. The normalized spacial score (nSPS) is 16.5. The predicted octanol–water partition coefficient (Wildman–Crippen LogP) is 10.8. The Morgan fingerprint density at radius 1 is 0.720 bits per heavy atom. The standard InChI is InChI=1S/C46H37N3S/c1-4-6-20-44-46(35-24-23-34(27-30(35)3)49-42-19-13-11-17-39(42)47-45(49)5-2)38-29-32(22-26-43(38)50-44)31-21-25-41-37(28-31)36-16-10-12-18-40(36)48(41)33-14-8-7-9-15-33/h4,6-30H,5H2,1-3H3/b6-4-,44-20+,46-35-. The molecule has 0 amide bonds. The van der Waals surface area contributed by atoms with Gasteiger partial charge in [0.2, 0.25) is 0 Å². The highest BCUT2D eigenvalue weighted by molar-refractivity contribution is 7.17. The molecule has 1 unspecified atom stereocenters. The number of allylic oxidation sites excluding steroid dienone is 6. The van der Waals surface area contributed by atoms with Crippen LogP contribution in [0.4, 0.5) is 0 Å². The number of para-hydroxylation sites is 4. The van der Waals surface area contributed by atoms with Gasteiger partial charge in [-0.15, -0.1) is 11.3 Å². The molecule has 0 radical (unpaired) electrons. The number of hydrogen-bond acceptors (Lipinski definition) is 2. The summed E-state index contributed by atoms with van der Waals surface area (Å²) >= 11 is 1.87. The molecular formula is C46H37N3S. The molecule has 0 spiro atoms. The van der Waals surface area contributed by atoms with Crippen LogP contribution in [-0.4, -0.2) is 14.1 Å². The fourth-order valence-corrected chi connectivity index (χ4v) is 8.81. The molecule has 0 fully saturated rings. The van der Waals surface area contributed by atoms with Crippen LogP contribution < -0.4 is 9.75 Å². The van der Waals surface area contributed by atoms with Crippen LogP contribution in [0.25, 0.3) is 77.1 Å². The Morgan fingerprint density at radius 3 is 2.24 bits per heavy atom. The van der Waals surface area contributed by atoms with Crippen molar-refractivity contribution in [2.45, 2.75) is 27.2 Å². The van der Waals surface area contributed by atoms with Gasteiger partial charge in [-0.1, -0.05) is 98.8 Å². The highest BCUT2D eigenvalue weighted by Gasteiger charge is 2.19. The van der Waals surface area contributed by atoms with Crippen LogP contribution in [0, 0.1) is 5.92 Å². The smallest absolute Gasteiger partial charge is 0.114 e. The Bertz CT molecular complexity index is 2820. The van der Waals surface area contributed by atoms with Crippen LogP contribution in [0.2, 0.25) is 0 Å². The van der Waals surface area contributed by atoms with Gasteiger partial charge in [0.1, 0.15) is 5.82 Å². The van der Waals surface area contributed by atoms with Gasteiger partial charge in [-0.2, -0.15) is 0 Å². The van der Waals surface area contributed by atoms with Crippen LogP contribution in [0.5, 0.6) is 0 Å². The van der Waals surface area contributed by atoms with Crippen molar-refractivity contribution in [3.8, 4) is 16.8 Å². The van der Waals surface area contributed by atoms with Gasteiger partial charge in [-0.3, -0.25) is 4.57 Å². The molecule has 242 valence electrons. The van der Waals surface area contributed by atoms with Crippen LogP contribution in [0.1, 0.15) is 26.6 Å². The van der Waals surface area contributed by atoms with Gasteiger partial charge >= 0.3 is 0 Å². The van der Waals surface area contributed by atoms with Crippen molar-refractivity contribution in [3.63, 3.8) is 0 Å². The molecule has 0 aliphatic heterocycles. The minimum absolute atomic E-state index is 0.223. The van der Waals surface area contributed by atoms with E-state index in [1.54, 1.807) is 0 Å². The van der Waals surface area contributed by atoms with E-state index in [9.17, 15) is 0 Å². The number of rotatable bonds is 5. The number of aryl methyl sites for hydroxylation is 1. The van der Waals surface area contributed by atoms with Crippen molar-refractivity contribution in [3.05, 3.63) is 161 Å². The lowest BCUT2D eigenvalue weighted by molar-refractivity contribution is 0.898. The number of imidazole rings is 1. The van der Waals surface area contributed by atoms with Gasteiger partial charge in [0.15, 0.2) is 0 Å². The summed E-state index contributed by atoms with van der Waals surface area (Å²) in [5.74, 6) is 1.31. The van der Waals surface area contributed by atoms with Gasteiger partial charge < -0.3 is 4.57 Å². The lowest BCUT2D eigenvalue weighted by Gasteiger charge is -2.19. The second kappa shape index (κ2) is 12.3. The number of aromatic nitrogens is 3. The molecule has 0 bridgehead atoms. The molecule has 1 atom stereocenters. The van der Waals surface area contributed by atoms with E-state index in [1.165, 1.54) is 69.7 Å². The Kier molecular flexibility index (Phi) is 7.48. The molecule has 1 aliphatic carbocycles. The van der Waals surface area contributed by atoms with Crippen LogP contribution in [-0.2, 0) is 6.42 Å². The first-order valence-corrected chi connectivity index (χ1v) is 18.3. The number of benzene rings is 5. The van der Waals surface area contributed by atoms with Crippen molar-refractivity contribution in [1.82, 2.24) is 14.1 Å². The van der Waals surface area contributed by atoms with Crippen LogP contribution in [0.3, 0.4) is 0 Å². The van der Waals surface area contributed by atoms with Gasteiger partial charge in [0.05, 0.1) is 22.1 Å². The summed E-state index contributed by atoms with van der Waals surface area (Å²) in [5, 5.41) is 5.17. The maximum atomic E-state index is 4.95. The maximum Gasteiger partial charge on any atom is 0.114 e.